The van der Waals surface area contributed by atoms with Gasteiger partial charge in [-0.3, -0.25) is 0 Å². The molecule has 0 amide bonds. The molecule has 0 heterocycles. The molecule has 1 aliphatic carbocycles. The van der Waals surface area contributed by atoms with Gasteiger partial charge in [0.1, 0.15) is 0 Å². The van der Waals surface area contributed by atoms with Gasteiger partial charge < -0.3 is 10.0 Å². The average Bonchev–Trinajstić information content (AvgIpc) is 2.45. The lowest BCUT2D eigenvalue weighted by Crippen LogP contribution is -2.36. The number of rotatable bonds is 3. The molecule has 2 rings (SSSR count). The third-order valence-electron chi connectivity index (χ3n) is 4.39. The predicted octanol–water partition coefficient (Wildman–Crippen LogP) is 4.21. The summed E-state index contributed by atoms with van der Waals surface area (Å²) in [5.74, 6) is 0.553. The van der Waals surface area contributed by atoms with Crippen molar-refractivity contribution in [1.29, 1.82) is 0 Å². The van der Waals surface area contributed by atoms with Gasteiger partial charge >= 0.3 is 6.18 Å². The van der Waals surface area contributed by atoms with Crippen LogP contribution in [0.4, 0.5) is 18.9 Å². The zero-order chi connectivity index (χ0) is 15.6. The van der Waals surface area contributed by atoms with Crippen molar-refractivity contribution in [1.82, 2.24) is 0 Å². The summed E-state index contributed by atoms with van der Waals surface area (Å²) in [4.78, 5) is 1.76. The molecule has 21 heavy (non-hydrogen) atoms. The Kier molecular flexibility index (Phi) is 4.81. The molecule has 2 nitrogen and oxygen atoms in total. The van der Waals surface area contributed by atoms with Gasteiger partial charge in [0.25, 0.3) is 0 Å². The SMILES string of the molecule is CC1CCCC(N(C)c2ccc(CO)cc2C(F)(F)F)C1. The maximum atomic E-state index is 13.3. The fourth-order valence-electron chi connectivity index (χ4n) is 3.17. The monoisotopic (exact) mass is 301 g/mol. The van der Waals surface area contributed by atoms with E-state index in [1.54, 1.807) is 18.0 Å². The summed E-state index contributed by atoms with van der Waals surface area (Å²) >= 11 is 0. The van der Waals surface area contributed by atoms with Crippen molar-refractivity contribution in [2.75, 3.05) is 11.9 Å². The molecule has 2 unspecified atom stereocenters. The number of aliphatic hydroxyl groups is 1. The first-order valence-electron chi connectivity index (χ1n) is 7.36. The number of anilines is 1. The smallest absolute Gasteiger partial charge is 0.392 e. The summed E-state index contributed by atoms with van der Waals surface area (Å²) < 4.78 is 39.8. The highest BCUT2D eigenvalue weighted by Crippen LogP contribution is 2.39. The lowest BCUT2D eigenvalue weighted by molar-refractivity contribution is -0.137. The number of nitrogens with zero attached hydrogens (tertiary/aromatic N) is 1. The molecule has 0 spiro atoms. The van der Waals surface area contributed by atoms with Crippen LogP contribution < -0.4 is 4.90 Å². The molecule has 1 saturated carbocycles. The first-order valence-corrected chi connectivity index (χ1v) is 7.36. The number of hydrogen-bond donors (Lipinski definition) is 1. The third-order valence-corrected chi connectivity index (χ3v) is 4.39. The van der Waals surface area contributed by atoms with Gasteiger partial charge in [-0.05, 0) is 36.5 Å². The van der Waals surface area contributed by atoms with Crippen LogP contribution in [-0.4, -0.2) is 18.2 Å². The second kappa shape index (κ2) is 6.26. The van der Waals surface area contributed by atoms with Crippen LogP contribution in [0.25, 0.3) is 0 Å². The van der Waals surface area contributed by atoms with Gasteiger partial charge in [0.15, 0.2) is 0 Å². The third kappa shape index (κ3) is 3.70. The molecule has 1 aromatic rings. The molecule has 0 saturated heterocycles. The summed E-state index contributed by atoms with van der Waals surface area (Å²) in [5.41, 5.74) is -0.162. The molecule has 118 valence electrons. The lowest BCUT2D eigenvalue weighted by atomic mass is 9.86. The second-order valence-corrected chi connectivity index (χ2v) is 6.04. The van der Waals surface area contributed by atoms with Crippen molar-refractivity contribution in [3.8, 4) is 0 Å². The van der Waals surface area contributed by atoms with E-state index in [1.165, 1.54) is 6.07 Å². The van der Waals surface area contributed by atoms with Crippen LogP contribution in [0.15, 0.2) is 18.2 Å². The minimum Gasteiger partial charge on any atom is -0.392 e. The number of benzene rings is 1. The van der Waals surface area contributed by atoms with E-state index in [0.717, 1.165) is 31.7 Å². The fourth-order valence-corrected chi connectivity index (χ4v) is 3.17. The van der Waals surface area contributed by atoms with Crippen LogP contribution >= 0.6 is 0 Å². The molecule has 0 bridgehead atoms. The van der Waals surface area contributed by atoms with E-state index in [-0.39, 0.29) is 23.9 Å². The first-order chi connectivity index (χ1) is 9.82. The predicted molar refractivity (Wildman–Crippen MR) is 77.2 cm³/mol. The summed E-state index contributed by atoms with van der Waals surface area (Å²) in [6, 6.07) is 4.24. The highest BCUT2D eigenvalue weighted by molar-refractivity contribution is 5.56. The van der Waals surface area contributed by atoms with Gasteiger partial charge in [0.05, 0.1) is 12.2 Å². The van der Waals surface area contributed by atoms with Gasteiger partial charge in [0, 0.05) is 18.8 Å². The Hall–Kier alpha value is -1.23. The van der Waals surface area contributed by atoms with Gasteiger partial charge in [0.2, 0.25) is 0 Å². The summed E-state index contributed by atoms with van der Waals surface area (Å²) in [6.45, 7) is 1.77. The Morgan fingerprint density at radius 2 is 2.00 bits per heavy atom. The van der Waals surface area contributed by atoms with E-state index in [1.807, 2.05) is 0 Å². The highest BCUT2D eigenvalue weighted by atomic mass is 19.4. The molecule has 0 aromatic heterocycles. The molecule has 1 aromatic carbocycles. The van der Waals surface area contributed by atoms with Crippen molar-refractivity contribution in [3.63, 3.8) is 0 Å². The van der Waals surface area contributed by atoms with Gasteiger partial charge in [-0.2, -0.15) is 13.2 Å². The van der Waals surface area contributed by atoms with Crippen molar-refractivity contribution in [2.45, 2.75) is 51.4 Å². The summed E-state index contributed by atoms with van der Waals surface area (Å²) in [5, 5.41) is 9.06. The Morgan fingerprint density at radius 3 is 2.57 bits per heavy atom. The Balaban J connectivity index is 2.33. The number of halogens is 3. The van der Waals surface area contributed by atoms with Crippen LogP contribution in [0, 0.1) is 5.92 Å². The second-order valence-electron chi connectivity index (χ2n) is 6.04. The molecule has 0 radical (unpaired) electrons. The van der Waals surface area contributed by atoms with Crippen LogP contribution in [-0.2, 0) is 12.8 Å². The van der Waals surface area contributed by atoms with Crippen molar-refractivity contribution >= 4 is 5.69 Å². The van der Waals surface area contributed by atoms with E-state index in [4.69, 9.17) is 5.11 Å². The molecular weight excluding hydrogens is 279 g/mol. The molecule has 5 heteroatoms. The lowest BCUT2D eigenvalue weighted by Gasteiger charge is -2.36. The number of aliphatic hydroxyl groups excluding tert-OH is 1. The van der Waals surface area contributed by atoms with E-state index in [2.05, 4.69) is 6.92 Å². The largest absolute Gasteiger partial charge is 0.418 e. The van der Waals surface area contributed by atoms with Crippen molar-refractivity contribution < 1.29 is 18.3 Å². The van der Waals surface area contributed by atoms with Gasteiger partial charge in [-0.25, -0.2) is 0 Å². The fraction of sp³-hybridized carbons (Fsp3) is 0.625. The van der Waals surface area contributed by atoms with E-state index < -0.39 is 11.7 Å². The standard InChI is InChI=1S/C16H22F3NO/c1-11-4-3-5-13(8-11)20(2)15-7-6-12(10-21)9-14(15)16(17,18)19/h6-7,9,11,13,21H,3-5,8,10H2,1-2H3. The van der Waals surface area contributed by atoms with Crippen molar-refractivity contribution in [3.05, 3.63) is 29.3 Å². The van der Waals surface area contributed by atoms with Crippen LogP contribution in [0.5, 0.6) is 0 Å². The molecular formula is C16H22F3NO. The molecule has 1 N–H and O–H groups in total. The zero-order valence-electron chi connectivity index (χ0n) is 12.5. The van der Waals surface area contributed by atoms with Crippen LogP contribution in [0.2, 0.25) is 0 Å². The molecule has 1 aliphatic rings. The topological polar surface area (TPSA) is 23.5 Å². The molecule has 0 aliphatic heterocycles. The summed E-state index contributed by atoms with van der Waals surface area (Å²) in [7, 11) is 1.74. The highest BCUT2D eigenvalue weighted by Gasteiger charge is 2.36. The number of hydrogen-bond acceptors (Lipinski definition) is 2. The van der Waals surface area contributed by atoms with E-state index in [0.29, 0.717) is 5.92 Å². The molecule has 1 fully saturated rings. The Morgan fingerprint density at radius 1 is 1.29 bits per heavy atom. The maximum Gasteiger partial charge on any atom is 0.418 e. The summed E-state index contributed by atoms with van der Waals surface area (Å²) in [6.07, 6.45) is -0.337. The Bertz CT molecular complexity index is 487. The zero-order valence-corrected chi connectivity index (χ0v) is 12.5. The first kappa shape index (κ1) is 16.1. The van der Waals surface area contributed by atoms with Crippen molar-refractivity contribution in [2.24, 2.45) is 5.92 Å². The maximum absolute atomic E-state index is 13.3. The number of alkyl halides is 3. The van der Waals surface area contributed by atoms with E-state index >= 15 is 0 Å². The average molecular weight is 301 g/mol. The van der Waals surface area contributed by atoms with Gasteiger partial charge in [-0.1, -0.05) is 25.8 Å². The normalized spacial score (nSPS) is 23.1. The van der Waals surface area contributed by atoms with E-state index in [9.17, 15) is 13.2 Å². The van der Waals surface area contributed by atoms with Gasteiger partial charge in [-0.15, -0.1) is 0 Å². The Labute approximate surface area is 123 Å². The molecule has 2 atom stereocenters. The quantitative estimate of drug-likeness (QED) is 0.904. The van der Waals surface area contributed by atoms with Crippen LogP contribution in [0.3, 0.4) is 0 Å². The minimum absolute atomic E-state index is 0.148. The minimum atomic E-state index is -4.41. The van der Waals surface area contributed by atoms with Crippen LogP contribution in [0.1, 0.15) is 43.7 Å².